The van der Waals surface area contributed by atoms with Gasteiger partial charge in [-0.1, -0.05) is 0 Å². The molecule has 8 heteroatoms. The number of rotatable bonds is 4. The molecule has 3 aromatic rings. The smallest absolute Gasteiger partial charge is 0.259 e. The summed E-state index contributed by atoms with van der Waals surface area (Å²) in [5, 5.41) is 6.02. The number of nitrogens with one attached hydrogen (secondary N) is 1. The number of fused-ring (bicyclic) bond motifs is 3. The van der Waals surface area contributed by atoms with Crippen LogP contribution in [-0.2, 0) is 9.47 Å². The first kappa shape index (κ1) is 20.9. The molecule has 1 aromatic carbocycles. The van der Waals surface area contributed by atoms with Crippen LogP contribution in [0.4, 0.5) is 0 Å². The van der Waals surface area contributed by atoms with Crippen molar-refractivity contribution in [2.75, 3.05) is 26.3 Å². The van der Waals surface area contributed by atoms with E-state index in [1.54, 1.807) is 6.20 Å². The summed E-state index contributed by atoms with van der Waals surface area (Å²) in [6.07, 6.45) is 8.23. The van der Waals surface area contributed by atoms with E-state index in [9.17, 15) is 9.59 Å². The molecule has 6 rings (SSSR count). The molecule has 0 spiro atoms. The number of carbonyl (C=O) groups excluding carboxylic acids is 1. The first-order chi connectivity index (χ1) is 16.1. The molecule has 3 fully saturated rings. The molecule has 0 atom stereocenters. The second kappa shape index (κ2) is 8.25. The number of H-pyrrole nitrogens is 1. The Morgan fingerprint density at radius 2 is 1.79 bits per heavy atom. The van der Waals surface area contributed by atoms with E-state index in [0.29, 0.717) is 30.3 Å². The number of piperidine rings is 1. The van der Waals surface area contributed by atoms with Crippen LogP contribution in [0, 0.1) is 6.92 Å². The molecule has 1 aliphatic carbocycles. The van der Waals surface area contributed by atoms with Gasteiger partial charge in [0.15, 0.2) is 0 Å². The average molecular weight is 451 g/mol. The highest BCUT2D eigenvalue weighted by atomic mass is 16.5. The fourth-order valence-electron chi connectivity index (χ4n) is 5.27. The summed E-state index contributed by atoms with van der Waals surface area (Å²) in [6.45, 7) is 4.75. The molecule has 0 radical (unpaired) electrons. The van der Waals surface area contributed by atoms with Crippen LogP contribution in [0.2, 0.25) is 0 Å². The van der Waals surface area contributed by atoms with Crippen LogP contribution < -0.4 is 5.56 Å². The average Bonchev–Trinajstić information content (AvgIpc) is 3.53. The van der Waals surface area contributed by atoms with Gasteiger partial charge in [-0.25, -0.2) is 0 Å². The molecule has 2 aromatic heterocycles. The van der Waals surface area contributed by atoms with E-state index in [0.717, 1.165) is 60.8 Å². The number of likely N-dealkylation sites (tertiary alicyclic amines) is 1. The number of ether oxygens (including phenoxy) is 2. The molecule has 33 heavy (non-hydrogen) atoms. The number of aromatic amines is 1. The number of hydrogen-bond acceptors (Lipinski definition) is 5. The minimum atomic E-state index is -0.146. The van der Waals surface area contributed by atoms with Gasteiger partial charge in [0.1, 0.15) is 0 Å². The molecular formula is C25H30N4O4. The van der Waals surface area contributed by atoms with Crippen molar-refractivity contribution in [3.8, 4) is 0 Å². The minimum absolute atomic E-state index is 0.0516. The van der Waals surface area contributed by atoms with Crippen molar-refractivity contribution in [2.24, 2.45) is 0 Å². The Kier molecular flexibility index (Phi) is 5.22. The molecular weight excluding hydrogens is 420 g/mol. The van der Waals surface area contributed by atoms with Gasteiger partial charge in [-0.15, -0.1) is 0 Å². The largest absolute Gasteiger partial charge is 0.381 e. The second-order valence-electron chi connectivity index (χ2n) is 9.69. The van der Waals surface area contributed by atoms with E-state index in [1.165, 1.54) is 12.8 Å². The number of benzene rings is 1. The van der Waals surface area contributed by atoms with E-state index < -0.39 is 0 Å². The number of hydrogen-bond donors (Lipinski definition) is 1. The highest BCUT2D eigenvalue weighted by molar-refractivity contribution is 6.07. The molecule has 174 valence electrons. The normalized spacial score (nSPS) is 20.7. The molecule has 1 N–H and O–H groups in total. The molecule has 1 amide bonds. The quantitative estimate of drug-likeness (QED) is 0.659. The molecule has 2 saturated heterocycles. The Hall–Kier alpha value is -2.71. The Bertz CT molecular complexity index is 1260. The van der Waals surface area contributed by atoms with Crippen LogP contribution in [0.1, 0.15) is 60.5 Å². The highest BCUT2D eigenvalue weighted by Gasteiger charge is 2.31. The predicted octanol–water partition coefficient (Wildman–Crippen LogP) is 3.32. The van der Waals surface area contributed by atoms with E-state index >= 15 is 0 Å². The minimum Gasteiger partial charge on any atom is -0.381 e. The lowest BCUT2D eigenvalue weighted by molar-refractivity contribution is -0.000541. The molecule has 1 saturated carbocycles. The van der Waals surface area contributed by atoms with Gasteiger partial charge in [0, 0.05) is 37.3 Å². The maximum atomic E-state index is 13.5. The molecule has 0 unspecified atom stereocenters. The summed E-state index contributed by atoms with van der Waals surface area (Å²) in [6, 6.07) is 4.07. The van der Waals surface area contributed by atoms with E-state index in [2.05, 4.69) is 10.1 Å². The lowest BCUT2D eigenvalue weighted by Crippen LogP contribution is -2.41. The summed E-state index contributed by atoms with van der Waals surface area (Å²) in [4.78, 5) is 31.2. The van der Waals surface area contributed by atoms with Crippen LogP contribution in [0.5, 0.6) is 0 Å². The molecule has 0 bridgehead atoms. The van der Waals surface area contributed by atoms with E-state index in [1.807, 2.05) is 28.6 Å². The van der Waals surface area contributed by atoms with Crippen molar-refractivity contribution >= 4 is 27.7 Å². The number of amides is 1. The van der Waals surface area contributed by atoms with Gasteiger partial charge in [0.25, 0.3) is 11.5 Å². The lowest BCUT2D eigenvalue weighted by atomic mass is 10.0. The summed E-state index contributed by atoms with van der Waals surface area (Å²) in [5.74, 6) is 0.0516. The van der Waals surface area contributed by atoms with Gasteiger partial charge in [-0.05, 0) is 63.1 Å². The zero-order chi connectivity index (χ0) is 22.5. The Labute approximate surface area is 191 Å². The van der Waals surface area contributed by atoms with E-state index in [-0.39, 0.29) is 23.6 Å². The number of carbonyl (C=O) groups is 1. The molecule has 3 aliphatic rings. The van der Waals surface area contributed by atoms with Crippen molar-refractivity contribution in [1.82, 2.24) is 19.7 Å². The van der Waals surface area contributed by atoms with Gasteiger partial charge in [-0.3, -0.25) is 14.3 Å². The van der Waals surface area contributed by atoms with Crippen molar-refractivity contribution in [1.29, 1.82) is 0 Å². The zero-order valence-electron chi connectivity index (χ0n) is 19.0. The van der Waals surface area contributed by atoms with E-state index in [4.69, 9.17) is 9.47 Å². The van der Waals surface area contributed by atoms with Crippen LogP contribution in [0.25, 0.3) is 21.8 Å². The topological polar surface area (TPSA) is 89.4 Å². The molecule has 4 heterocycles. The number of aryl methyl sites for hydroxylation is 1. The van der Waals surface area contributed by atoms with Gasteiger partial charge in [0.2, 0.25) is 0 Å². The van der Waals surface area contributed by atoms with Crippen molar-refractivity contribution in [2.45, 2.75) is 63.7 Å². The summed E-state index contributed by atoms with van der Waals surface area (Å²) < 4.78 is 13.5. The van der Waals surface area contributed by atoms with Crippen LogP contribution >= 0.6 is 0 Å². The van der Waals surface area contributed by atoms with Crippen LogP contribution in [0.15, 0.2) is 23.1 Å². The SMILES string of the molecule is Cc1cc2[nH]c(=O)c3cnn(C4CCOCC4)c3c2cc1C(=O)N1CCC(OC2CC2)CC1. The summed E-state index contributed by atoms with van der Waals surface area (Å²) >= 11 is 0. The summed E-state index contributed by atoms with van der Waals surface area (Å²) in [7, 11) is 0. The van der Waals surface area contributed by atoms with Gasteiger partial charge in [-0.2, -0.15) is 5.10 Å². The maximum Gasteiger partial charge on any atom is 0.259 e. The number of pyridine rings is 1. The van der Waals surface area contributed by atoms with Gasteiger partial charge in [0.05, 0.1) is 40.9 Å². The lowest BCUT2D eigenvalue weighted by Gasteiger charge is -2.32. The summed E-state index contributed by atoms with van der Waals surface area (Å²) in [5.41, 5.74) is 2.97. The monoisotopic (exact) mass is 450 g/mol. The molecule has 2 aliphatic heterocycles. The van der Waals surface area contributed by atoms with Gasteiger partial charge < -0.3 is 19.4 Å². The third kappa shape index (κ3) is 3.85. The predicted molar refractivity (Wildman–Crippen MR) is 125 cm³/mol. The first-order valence-corrected chi connectivity index (χ1v) is 12.1. The Balaban J connectivity index is 1.36. The van der Waals surface area contributed by atoms with Crippen LogP contribution in [0.3, 0.4) is 0 Å². The standard InChI is InChI=1S/C25H30N4O4/c1-15-12-22-20(13-19(15)25(31)28-8-4-18(5-9-28)33-17-2-3-17)23-21(24(30)27-22)14-26-29(23)16-6-10-32-11-7-16/h12-14,16-18H,2-11H2,1H3,(H,27,30). The van der Waals surface area contributed by atoms with Gasteiger partial charge >= 0.3 is 0 Å². The van der Waals surface area contributed by atoms with Crippen molar-refractivity contribution in [3.63, 3.8) is 0 Å². The Morgan fingerprint density at radius 1 is 1.06 bits per heavy atom. The number of aromatic nitrogens is 3. The molecule has 8 nitrogen and oxygen atoms in total. The third-order valence-electron chi connectivity index (χ3n) is 7.31. The second-order valence-corrected chi connectivity index (χ2v) is 9.69. The fraction of sp³-hybridized carbons (Fsp3) is 0.560. The Morgan fingerprint density at radius 3 is 2.52 bits per heavy atom. The zero-order valence-corrected chi connectivity index (χ0v) is 19.0. The fourth-order valence-corrected chi connectivity index (χ4v) is 5.27. The first-order valence-electron chi connectivity index (χ1n) is 12.1. The van der Waals surface area contributed by atoms with Crippen molar-refractivity contribution in [3.05, 3.63) is 39.8 Å². The maximum absolute atomic E-state index is 13.5. The third-order valence-corrected chi connectivity index (χ3v) is 7.31. The van der Waals surface area contributed by atoms with Crippen molar-refractivity contribution < 1.29 is 14.3 Å². The van der Waals surface area contributed by atoms with Crippen LogP contribution in [-0.4, -0.2) is 64.1 Å². The number of nitrogens with zero attached hydrogens (tertiary/aromatic N) is 3. The highest BCUT2D eigenvalue weighted by Crippen LogP contribution is 2.31.